The number of hydrogen-bond acceptors (Lipinski definition) is 6. The zero-order valence-corrected chi connectivity index (χ0v) is 10.3. The van der Waals surface area contributed by atoms with Gasteiger partial charge in [0.25, 0.3) is 5.91 Å². The molecule has 0 saturated heterocycles. The zero-order valence-electron chi connectivity index (χ0n) is 10.3. The average Bonchev–Trinajstić information content (AvgIpc) is 3.17. The topological polar surface area (TPSA) is 94.1 Å². The number of aromatic nitrogens is 3. The monoisotopic (exact) mass is 270 g/mol. The Bertz CT molecular complexity index is 692. The van der Waals surface area contributed by atoms with Gasteiger partial charge < -0.3 is 14.2 Å². The van der Waals surface area contributed by atoms with Crippen LogP contribution in [0.25, 0.3) is 11.5 Å². The van der Waals surface area contributed by atoms with Crippen molar-refractivity contribution >= 4 is 5.91 Å². The van der Waals surface area contributed by atoms with E-state index < -0.39 is 0 Å². The normalized spacial score (nSPS) is 10.4. The second-order valence-electron chi connectivity index (χ2n) is 3.90. The predicted octanol–water partition coefficient (Wildman–Crippen LogP) is 1.65. The molecule has 3 heterocycles. The molecule has 7 heteroatoms. The van der Waals surface area contributed by atoms with E-state index in [-0.39, 0.29) is 18.2 Å². The lowest BCUT2D eigenvalue weighted by atomic mass is 10.3. The summed E-state index contributed by atoms with van der Waals surface area (Å²) in [6.07, 6.45) is 4.71. The smallest absolute Gasteiger partial charge is 0.287 e. The highest BCUT2D eigenvalue weighted by molar-refractivity contribution is 5.91. The van der Waals surface area contributed by atoms with Gasteiger partial charge in [-0.3, -0.25) is 9.78 Å². The van der Waals surface area contributed by atoms with Gasteiger partial charge in [0.15, 0.2) is 5.76 Å². The average molecular weight is 270 g/mol. The molecule has 3 aromatic heterocycles. The van der Waals surface area contributed by atoms with Crippen LogP contribution in [-0.2, 0) is 6.54 Å². The number of pyridine rings is 1. The molecule has 20 heavy (non-hydrogen) atoms. The van der Waals surface area contributed by atoms with Crippen molar-refractivity contribution in [1.29, 1.82) is 0 Å². The second kappa shape index (κ2) is 5.35. The Morgan fingerprint density at radius 3 is 2.80 bits per heavy atom. The van der Waals surface area contributed by atoms with Gasteiger partial charge in [0.2, 0.25) is 11.8 Å². The molecule has 0 fully saturated rings. The van der Waals surface area contributed by atoms with Gasteiger partial charge in [-0.1, -0.05) is 0 Å². The Hall–Kier alpha value is -2.96. The number of hydrogen-bond donors (Lipinski definition) is 1. The third-order valence-electron chi connectivity index (χ3n) is 2.54. The van der Waals surface area contributed by atoms with Crippen LogP contribution in [0.2, 0.25) is 0 Å². The summed E-state index contributed by atoms with van der Waals surface area (Å²) < 4.78 is 10.4. The van der Waals surface area contributed by atoms with E-state index in [0.29, 0.717) is 11.8 Å². The molecule has 0 aromatic carbocycles. The maximum atomic E-state index is 11.7. The van der Waals surface area contributed by atoms with Crippen LogP contribution in [0.1, 0.15) is 16.4 Å². The largest absolute Gasteiger partial charge is 0.459 e. The standard InChI is InChI=1S/C13H10N4O3/c18-12(10-2-1-7-19-10)15-8-11-16-17-13(20-11)9-3-5-14-6-4-9/h1-7H,8H2,(H,15,18). The van der Waals surface area contributed by atoms with E-state index in [1.807, 2.05) is 0 Å². The van der Waals surface area contributed by atoms with Crippen LogP contribution in [-0.4, -0.2) is 21.1 Å². The maximum absolute atomic E-state index is 11.7. The highest BCUT2D eigenvalue weighted by atomic mass is 16.4. The van der Waals surface area contributed by atoms with Crippen LogP contribution in [0.3, 0.4) is 0 Å². The van der Waals surface area contributed by atoms with Gasteiger partial charge in [-0.25, -0.2) is 0 Å². The van der Waals surface area contributed by atoms with Gasteiger partial charge >= 0.3 is 0 Å². The number of carbonyl (C=O) groups is 1. The van der Waals surface area contributed by atoms with Crippen LogP contribution in [0, 0.1) is 0 Å². The van der Waals surface area contributed by atoms with Crippen LogP contribution in [0.15, 0.2) is 51.8 Å². The van der Waals surface area contributed by atoms with E-state index in [9.17, 15) is 4.79 Å². The number of rotatable bonds is 4. The molecule has 0 bridgehead atoms. The van der Waals surface area contributed by atoms with E-state index in [0.717, 1.165) is 5.56 Å². The molecule has 0 aliphatic rings. The predicted molar refractivity (Wildman–Crippen MR) is 67.4 cm³/mol. The van der Waals surface area contributed by atoms with Crippen LogP contribution >= 0.6 is 0 Å². The lowest BCUT2D eigenvalue weighted by Gasteiger charge is -1.98. The molecule has 1 N–H and O–H groups in total. The van der Waals surface area contributed by atoms with Crippen LogP contribution in [0.4, 0.5) is 0 Å². The van der Waals surface area contributed by atoms with Crippen molar-refractivity contribution in [3.63, 3.8) is 0 Å². The number of nitrogens with zero attached hydrogens (tertiary/aromatic N) is 3. The van der Waals surface area contributed by atoms with Gasteiger partial charge in [0, 0.05) is 18.0 Å². The Labute approximate surface area is 113 Å². The van der Waals surface area contributed by atoms with E-state index in [1.54, 1.807) is 36.7 Å². The summed E-state index contributed by atoms with van der Waals surface area (Å²) in [5.41, 5.74) is 0.774. The molecule has 0 aliphatic carbocycles. The molecular formula is C13H10N4O3. The Morgan fingerprint density at radius 1 is 1.20 bits per heavy atom. The summed E-state index contributed by atoms with van der Waals surface area (Å²) >= 11 is 0. The number of nitrogens with one attached hydrogen (secondary N) is 1. The summed E-state index contributed by atoms with van der Waals surface area (Å²) in [5.74, 6) is 0.601. The quantitative estimate of drug-likeness (QED) is 0.774. The van der Waals surface area contributed by atoms with Gasteiger partial charge in [-0.15, -0.1) is 10.2 Å². The molecule has 0 atom stereocenters. The molecule has 0 radical (unpaired) electrons. The Balaban J connectivity index is 1.65. The van der Waals surface area contributed by atoms with Gasteiger partial charge in [-0.05, 0) is 24.3 Å². The molecule has 100 valence electrons. The fraction of sp³-hybridized carbons (Fsp3) is 0.0769. The number of amides is 1. The summed E-state index contributed by atoms with van der Waals surface area (Å²) in [4.78, 5) is 15.6. The highest BCUT2D eigenvalue weighted by Crippen LogP contribution is 2.16. The minimum atomic E-state index is -0.335. The third kappa shape index (κ3) is 2.56. The Morgan fingerprint density at radius 2 is 2.05 bits per heavy atom. The maximum Gasteiger partial charge on any atom is 0.287 e. The van der Waals surface area contributed by atoms with Crippen molar-refractivity contribution in [3.05, 3.63) is 54.6 Å². The summed E-state index contributed by atoms with van der Waals surface area (Å²) in [5, 5.41) is 10.4. The molecule has 3 aromatic rings. The first kappa shape index (κ1) is 12.1. The van der Waals surface area contributed by atoms with Gasteiger partial charge in [0.1, 0.15) is 0 Å². The first-order valence-corrected chi connectivity index (χ1v) is 5.87. The van der Waals surface area contributed by atoms with Crippen molar-refractivity contribution in [2.75, 3.05) is 0 Å². The van der Waals surface area contributed by atoms with Crippen LogP contribution in [0.5, 0.6) is 0 Å². The number of carbonyl (C=O) groups excluding carboxylic acids is 1. The highest BCUT2D eigenvalue weighted by Gasteiger charge is 2.11. The lowest BCUT2D eigenvalue weighted by molar-refractivity contribution is 0.0919. The zero-order chi connectivity index (χ0) is 13.8. The molecule has 0 saturated carbocycles. The van der Waals surface area contributed by atoms with E-state index in [4.69, 9.17) is 8.83 Å². The van der Waals surface area contributed by atoms with Crippen molar-refractivity contribution < 1.29 is 13.6 Å². The minimum absolute atomic E-state index is 0.137. The molecule has 7 nitrogen and oxygen atoms in total. The fourth-order valence-corrected chi connectivity index (χ4v) is 1.59. The molecule has 0 spiro atoms. The summed E-state index contributed by atoms with van der Waals surface area (Å²) in [6.45, 7) is 0.137. The van der Waals surface area contributed by atoms with Gasteiger partial charge in [0.05, 0.1) is 12.8 Å². The van der Waals surface area contributed by atoms with E-state index >= 15 is 0 Å². The lowest BCUT2D eigenvalue weighted by Crippen LogP contribution is -2.22. The van der Waals surface area contributed by atoms with E-state index in [2.05, 4.69) is 20.5 Å². The molecule has 3 rings (SSSR count). The van der Waals surface area contributed by atoms with E-state index in [1.165, 1.54) is 6.26 Å². The third-order valence-corrected chi connectivity index (χ3v) is 2.54. The molecule has 1 amide bonds. The summed E-state index contributed by atoms with van der Waals surface area (Å²) in [6, 6.07) is 6.74. The van der Waals surface area contributed by atoms with Crippen LogP contribution < -0.4 is 5.32 Å². The van der Waals surface area contributed by atoms with Crippen molar-refractivity contribution in [2.45, 2.75) is 6.54 Å². The van der Waals surface area contributed by atoms with Crippen molar-refractivity contribution in [2.24, 2.45) is 0 Å². The molecule has 0 aliphatic heterocycles. The number of furan rings is 1. The first-order valence-electron chi connectivity index (χ1n) is 5.87. The minimum Gasteiger partial charge on any atom is -0.459 e. The van der Waals surface area contributed by atoms with Gasteiger partial charge in [-0.2, -0.15) is 0 Å². The second-order valence-corrected chi connectivity index (χ2v) is 3.90. The SMILES string of the molecule is O=C(NCc1nnc(-c2ccncc2)o1)c1ccco1. The first-order chi connectivity index (χ1) is 9.83. The molecular weight excluding hydrogens is 260 g/mol. The van der Waals surface area contributed by atoms with Crippen molar-refractivity contribution in [1.82, 2.24) is 20.5 Å². The van der Waals surface area contributed by atoms with Crippen molar-refractivity contribution in [3.8, 4) is 11.5 Å². The fourth-order valence-electron chi connectivity index (χ4n) is 1.59. The molecule has 0 unspecified atom stereocenters. The Kier molecular flexibility index (Phi) is 3.24. The summed E-state index contributed by atoms with van der Waals surface area (Å²) in [7, 11) is 0.